The maximum Gasteiger partial charge on any atom is 0.323 e. The first kappa shape index (κ1) is 64.9. The number of hydrogen-bond donors (Lipinski definition) is 3. The Kier molecular flexibility index (Phi) is 29.8. The Hall–Kier alpha value is -3.17. The molecule has 0 saturated carbocycles. The maximum atomic E-state index is 13.7. The molecule has 0 heterocycles. The van der Waals surface area contributed by atoms with Gasteiger partial charge in [0.15, 0.2) is 0 Å². The molecule has 0 saturated heterocycles. The number of thioether (sulfide) groups is 2. The second kappa shape index (κ2) is 30.3. The van der Waals surface area contributed by atoms with E-state index < -0.39 is 69.9 Å². The summed E-state index contributed by atoms with van der Waals surface area (Å²) < 4.78 is 27.7. The van der Waals surface area contributed by atoms with Gasteiger partial charge < -0.3 is 39.8 Å². The number of esters is 5. The van der Waals surface area contributed by atoms with E-state index in [0.717, 1.165) is 6.42 Å². The van der Waals surface area contributed by atoms with Crippen molar-refractivity contribution < 1.29 is 62.4 Å². The fourth-order valence-corrected chi connectivity index (χ4v) is 7.24. The maximum absolute atomic E-state index is 13.7. The van der Waals surface area contributed by atoms with Crippen LogP contribution in [-0.4, -0.2) is 184 Å². The highest BCUT2D eigenvalue weighted by Crippen LogP contribution is 2.20. The minimum absolute atomic E-state index is 0.0379. The quantitative estimate of drug-likeness (QED) is 0.0782. The summed E-state index contributed by atoms with van der Waals surface area (Å²) in [6, 6.07) is -1.08. The van der Waals surface area contributed by atoms with Gasteiger partial charge in [0.2, 0.25) is 5.91 Å². The summed E-state index contributed by atoms with van der Waals surface area (Å²) in [7, 11) is 0. The Balaban J connectivity index is 0. The van der Waals surface area contributed by atoms with E-state index in [1.165, 1.54) is 9.80 Å². The third-order valence-corrected chi connectivity index (χ3v) is 10.3. The zero-order valence-corrected chi connectivity index (χ0v) is 45.1. The summed E-state index contributed by atoms with van der Waals surface area (Å²) in [4.78, 5) is 93.3. The fourth-order valence-electron chi connectivity index (χ4n) is 5.82. The average Bonchev–Trinajstić information content (AvgIpc) is 3.09. The van der Waals surface area contributed by atoms with Crippen molar-refractivity contribution in [1.29, 1.82) is 0 Å². The first-order valence-corrected chi connectivity index (χ1v) is 25.0. The zero-order chi connectivity index (χ0) is 51.9. The van der Waals surface area contributed by atoms with Gasteiger partial charge in [-0.25, -0.2) is 0 Å². The molecule has 386 valence electrons. The molecule has 0 aromatic rings. The summed E-state index contributed by atoms with van der Waals surface area (Å²) in [5.41, 5.74) is 1.55. The van der Waals surface area contributed by atoms with Crippen LogP contribution in [-0.2, 0) is 57.2 Å². The highest BCUT2D eigenvalue weighted by molar-refractivity contribution is 8.00. The lowest BCUT2D eigenvalue weighted by molar-refractivity contribution is -0.165. The Bertz CT molecular complexity index is 1380. The minimum atomic E-state index is -1.12. The van der Waals surface area contributed by atoms with Crippen molar-refractivity contribution in [2.24, 2.45) is 5.73 Å². The Morgan fingerprint density at radius 2 is 0.924 bits per heavy atom. The number of amides is 1. The predicted octanol–water partition coefficient (Wildman–Crippen LogP) is 4.77. The van der Waals surface area contributed by atoms with E-state index in [4.69, 9.17) is 29.4 Å². The first-order valence-electron chi connectivity index (χ1n) is 22.5. The Morgan fingerprint density at radius 3 is 1.18 bits per heavy atom. The van der Waals surface area contributed by atoms with Crippen molar-refractivity contribution in [3.63, 3.8) is 0 Å². The molecule has 66 heavy (non-hydrogen) atoms. The van der Waals surface area contributed by atoms with Crippen LogP contribution in [0.5, 0.6) is 0 Å². The third kappa shape index (κ3) is 35.9. The topological polar surface area (TPSA) is 234 Å². The van der Waals surface area contributed by atoms with E-state index >= 15 is 0 Å². The first-order chi connectivity index (χ1) is 29.9. The van der Waals surface area contributed by atoms with Gasteiger partial charge in [0.05, 0.1) is 31.4 Å². The standard InChI is InChI=1S/C37H67N3O12.C9H20N2OS2/c1-33(2,3)48-28(43)22-38(23-29(44)49-34(4,5)6)18-20-40(26(16-17-27(41)42)32(47)52-37(13,14)15)21-19-39(24-30(45)50-35(7,8)9)25-31(46)51-36(10,11)12;1-4-11-9(12)8(14-3)5-7(6-10)13-2/h26H,16-25H2,1-15H3,(H,41,42);7-8H,4-6,10H2,1-3H3,(H,11,12)/t26-;/m0./s1. The lowest BCUT2D eigenvalue weighted by Gasteiger charge is -2.35. The normalized spacial score (nSPS) is 13.8. The monoisotopic (exact) mass is 982 g/mol. The van der Waals surface area contributed by atoms with E-state index in [2.05, 4.69) is 5.32 Å². The Labute approximate surface area is 404 Å². The molecule has 0 aliphatic heterocycles. The van der Waals surface area contributed by atoms with Gasteiger partial charge >= 0.3 is 35.8 Å². The molecule has 0 fully saturated rings. The van der Waals surface area contributed by atoms with Crippen LogP contribution in [0.4, 0.5) is 0 Å². The molecule has 0 aliphatic rings. The number of nitrogens with zero attached hydrogens (tertiary/aromatic N) is 3. The third-order valence-electron chi connectivity index (χ3n) is 8.25. The van der Waals surface area contributed by atoms with Crippen LogP contribution in [0.3, 0.4) is 0 Å². The molecule has 2 unspecified atom stereocenters. The summed E-state index contributed by atoms with van der Waals surface area (Å²) in [5, 5.41) is 12.8. The van der Waals surface area contributed by atoms with Crippen LogP contribution in [0.1, 0.15) is 130 Å². The van der Waals surface area contributed by atoms with Crippen LogP contribution in [0.15, 0.2) is 0 Å². The number of carboxylic acids is 1. The van der Waals surface area contributed by atoms with Gasteiger partial charge in [0.1, 0.15) is 34.0 Å². The number of aliphatic carboxylic acids is 1. The molecule has 3 atom stereocenters. The van der Waals surface area contributed by atoms with Crippen LogP contribution >= 0.6 is 23.5 Å². The molecule has 0 spiro atoms. The largest absolute Gasteiger partial charge is 0.481 e. The van der Waals surface area contributed by atoms with Gasteiger partial charge in [-0.2, -0.15) is 23.5 Å². The number of ether oxygens (including phenoxy) is 5. The second-order valence-electron chi connectivity index (χ2n) is 20.7. The molecule has 4 N–H and O–H groups in total. The van der Waals surface area contributed by atoms with E-state index in [0.29, 0.717) is 18.3 Å². The van der Waals surface area contributed by atoms with Crippen molar-refractivity contribution in [2.75, 3.05) is 78.0 Å². The number of carboxylic acid groups (broad SMARTS) is 1. The lowest BCUT2D eigenvalue weighted by atomic mass is 10.1. The lowest BCUT2D eigenvalue weighted by Crippen LogP contribution is -2.51. The predicted molar refractivity (Wildman–Crippen MR) is 261 cm³/mol. The molecular formula is C46H87N5O13S2. The second-order valence-corrected chi connectivity index (χ2v) is 22.9. The van der Waals surface area contributed by atoms with Crippen molar-refractivity contribution in [3.8, 4) is 0 Å². The van der Waals surface area contributed by atoms with Crippen molar-refractivity contribution in [3.05, 3.63) is 0 Å². The molecule has 0 aromatic carbocycles. The van der Waals surface area contributed by atoms with Crippen LogP contribution in [0, 0.1) is 0 Å². The molecule has 0 radical (unpaired) electrons. The molecule has 0 bridgehead atoms. The van der Waals surface area contributed by atoms with Crippen molar-refractivity contribution in [1.82, 2.24) is 20.0 Å². The number of hydrogen-bond acceptors (Lipinski definition) is 18. The van der Waals surface area contributed by atoms with Crippen LogP contribution in [0.25, 0.3) is 0 Å². The van der Waals surface area contributed by atoms with Gasteiger partial charge in [0.25, 0.3) is 0 Å². The van der Waals surface area contributed by atoms with Crippen LogP contribution < -0.4 is 11.1 Å². The SMILES string of the molecule is CC(C)(C)OC(=O)CN(CCN(CCN(CC(=O)OC(C)(C)C)CC(=O)OC(C)(C)C)[C@@H](CCC(=O)O)C(=O)OC(C)(C)C)CC(=O)OC(C)(C)C.CCNC(=O)C(CC(CN)SC)SC. The molecule has 18 nitrogen and oxygen atoms in total. The number of carbonyl (C=O) groups excluding carboxylic acids is 6. The highest BCUT2D eigenvalue weighted by Gasteiger charge is 2.33. The van der Waals surface area contributed by atoms with Gasteiger partial charge in [-0.05, 0) is 136 Å². The van der Waals surface area contributed by atoms with Crippen molar-refractivity contribution in [2.45, 2.75) is 175 Å². The smallest absolute Gasteiger partial charge is 0.323 e. The zero-order valence-electron chi connectivity index (χ0n) is 43.5. The number of nitrogens with one attached hydrogen (secondary N) is 1. The summed E-state index contributed by atoms with van der Waals surface area (Å²) in [6.45, 7) is 28.1. The summed E-state index contributed by atoms with van der Waals surface area (Å²) in [5.74, 6) is -4.01. The van der Waals surface area contributed by atoms with Gasteiger partial charge in [0, 0.05) is 50.9 Å². The summed E-state index contributed by atoms with van der Waals surface area (Å²) >= 11 is 3.33. The van der Waals surface area contributed by atoms with Crippen LogP contribution in [0.2, 0.25) is 0 Å². The highest BCUT2D eigenvalue weighted by atomic mass is 32.2. The Morgan fingerprint density at radius 1 is 0.576 bits per heavy atom. The van der Waals surface area contributed by atoms with E-state index in [1.807, 2.05) is 19.4 Å². The number of rotatable bonds is 26. The molecule has 20 heteroatoms. The van der Waals surface area contributed by atoms with Gasteiger partial charge in [-0.3, -0.25) is 48.3 Å². The molecule has 0 aromatic heterocycles. The molecule has 0 aliphatic carbocycles. The molecular weight excluding hydrogens is 895 g/mol. The molecule has 1 amide bonds. The summed E-state index contributed by atoms with van der Waals surface area (Å²) in [6.07, 6.45) is 4.37. The van der Waals surface area contributed by atoms with E-state index in [1.54, 1.807) is 132 Å². The van der Waals surface area contributed by atoms with Crippen molar-refractivity contribution >= 4 is 65.2 Å². The molecule has 0 rings (SSSR count). The number of carbonyl (C=O) groups is 7. The van der Waals surface area contributed by atoms with E-state index in [9.17, 15) is 38.7 Å². The minimum Gasteiger partial charge on any atom is -0.481 e. The fraction of sp³-hybridized carbons (Fsp3) is 0.848. The van der Waals surface area contributed by atoms with Gasteiger partial charge in [-0.1, -0.05) is 0 Å². The van der Waals surface area contributed by atoms with E-state index in [-0.39, 0.29) is 76.4 Å². The van der Waals surface area contributed by atoms with Gasteiger partial charge in [-0.15, -0.1) is 0 Å². The average molecular weight is 982 g/mol. The number of nitrogens with two attached hydrogens (primary N) is 1.